The zero-order chi connectivity index (χ0) is 22.1. The number of ether oxygens (including phenoxy) is 1. The van der Waals surface area contributed by atoms with Crippen molar-refractivity contribution in [1.29, 1.82) is 0 Å². The van der Waals surface area contributed by atoms with Gasteiger partial charge in [-0.05, 0) is 108 Å². The molecule has 2 aromatic rings. The molecule has 3 fully saturated rings. The predicted octanol–water partition coefficient (Wildman–Crippen LogP) is 3.95. The molecule has 2 aliphatic carbocycles. The molecule has 0 spiro atoms. The Hall–Kier alpha value is -1.63. The Labute approximate surface area is 191 Å². The molecule has 6 nitrogen and oxygen atoms in total. The van der Waals surface area contributed by atoms with Crippen molar-refractivity contribution in [3.05, 3.63) is 23.4 Å². The summed E-state index contributed by atoms with van der Waals surface area (Å²) in [6.07, 6.45) is 8.52. The largest absolute Gasteiger partial charge is 0.493 e. The first-order valence-electron chi connectivity index (χ1n) is 12.6. The lowest BCUT2D eigenvalue weighted by Gasteiger charge is -2.32. The van der Waals surface area contributed by atoms with E-state index < -0.39 is 0 Å². The molecule has 3 aliphatic rings. The number of hydrogen-bond acceptors (Lipinski definition) is 6. The number of aliphatic hydroxyl groups excluding tert-OH is 1. The van der Waals surface area contributed by atoms with Crippen LogP contribution in [0.1, 0.15) is 49.8 Å². The summed E-state index contributed by atoms with van der Waals surface area (Å²) in [6.45, 7) is 5.57. The summed E-state index contributed by atoms with van der Waals surface area (Å²) in [7, 11) is 4.17. The number of piperidine rings is 1. The third-order valence-corrected chi connectivity index (χ3v) is 7.71. The Kier molecular flexibility index (Phi) is 6.72. The van der Waals surface area contributed by atoms with Crippen molar-refractivity contribution in [3.63, 3.8) is 0 Å². The van der Waals surface area contributed by atoms with Crippen LogP contribution in [0.5, 0.6) is 5.75 Å². The number of rotatable bonds is 11. The second kappa shape index (κ2) is 9.70. The zero-order valence-electron chi connectivity index (χ0n) is 19.8. The van der Waals surface area contributed by atoms with E-state index in [4.69, 9.17) is 9.26 Å². The molecule has 1 N–H and O–H groups in total. The smallest absolute Gasteiger partial charge is 0.175 e. The Morgan fingerprint density at radius 1 is 1.12 bits per heavy atom. The summed E-state index contributed by atoms with van der Waals surface area (Å²) in [4.78, 5) is 4.78. The average molecular weight is 442 g/mol. The summed E-state index contributed by atoms with van der Waals surface area (Å²) >= 11 is 0. The second-order valence-corrected chi connectivity index (χ2v) is 10.8. The fraction of sp³-hybridized carbons (Fsp3) is 0.731. The molecule has 0 bridgehead atoms. The fourth-order valence-corrected chi connectivity index (χ4v) is 5.25. The van der Waals surface area contributed by atoms with Crippen molar-refractivity contribution < 1.29 is 14.4 Å². The molecule has 1 aromatic heterocycles. The van der Waals surface area contributed by atoms with E-state index in [0.29, 0.717) is 12.5 Å². The summed E-state index contributed by atoms with van der Waals surface area (Å²) in [5, 5.41) is 14.9. The molecular formula is C26H39N3O3. The molecule has 5 rings (SSSR count). The Balaban J connectivity index is 1.18. The second-order valence-electron chi connectivity index (χ2n) is 10.8. The predicted molar refractivity (Wildman–Crippen MR) is 126 cm³/mol. The fourth-order valence-electron chi connectivity index (χ4n) is 5.25. The van der Waals surface area contributed by atoms with Gasteiger partial charge in [-0.3, -0.25) is 0 Å². The standard InChI is InChI=1S/C26H39N3O3/c1-28(2)15-23-25(31-17-19-3-4-19)8-6-22-24(27-32-26(22)23)7-5-18-9-11-29(12-10-18)14-20-13-21(20)16-30/h6,8,18-21,30H,3-5,7,9-17H2,1-2H3/t20-,21-/m1/s1. The number of aryl methyl sites for hydroxylation is 1. The highest BCUT2D eigenvalue weighted by molar-refractivity contribution is 5.84. The van der Waals surface area contributed by atoms with Gasteiger partial charge in [0.05, 0.1) is 17.9 Å². The lowest BCUT2D eigenvalue weighted by Crippen LogP contribution is -2.35. The Bertz CT molecular complexity index is 899. The van der Waals surface area contributed by atoms with Gasteiger partial charge < -0.3 is 24.2 Å². The number of nitrogens with zero attached hydrogens (tertiary/aromatic N) is 3. The van der Waals surface area contributed by atoms with Gasteiger partial charge in [0.2, 0.25) is 0 Å². The molecule has 2 atom stereocenters. The van der Waals surface area contributed by atoms with E-state index in [9.17, 15) is 5.11 Å². The van der Waals surface area contributed by atoms with Crippen LogP contribution in [0.25, 0.3) is 11.0 Å². The lowest BCUT2D eigenvalue weighted by molar-refractivity contribution is 0.166. The number of likely N-dealkylation sites (tertiary alicyclic amines) is 1. The zero-order valence-corrected chi connectivity index (χ0v) is 19.8. The number of aromatic nitrogens is 1. The number of hydrogen-bond donors (Lipinski definition) is 1. The first kappa shape index (κ1) is 22.2. The molecule has 32 heavy (non-hydrogen) atoms. The molecular weight excluding hydrogens is 402 g/mol. The molecule has 0 amide bonds. The minimum Gasteiger partial charge on any atom is -0.493 e. The highest BCUT2D eigenvalue weighted by Gasteiger charge is 2.37. The maximum atomic E-state index is 9.27. The molecule has 1 aromatic carbocycles. The third-order valence-electron chi connectivity index (χ3n) is 7.71. The normalized spacial score (nSPS) is 24.5. The highest BCUT2D eigenvalue weighted by atomic mass is 16.5. The summed E-state index contributed by atoms with van der Waals surface area (Å²) in [5.41, 5.74) is 3.13. The van der Waals surface area contributed by atoms with Crippen molar-refractivity contribution >= 4 is 11.0 Å². The lowest BCUT2D eigenvalue weighted by atomic mass is 9.91. The van der Waals surface area contributed by atoms with Gasteiger partial charge in [-0.1, -0.05) is 5.16 Å². The van der Waals surface area contributed by atoms with Crippen LogP contribution >= 0.6 is 0 Å². The van der Waals surface area contributed by atoms with Crippen LogP contribution in [0.2, 0.25) is 0 Å². The minimum absolute atomic E-state index is 0.372. The van der Waals surface area contributed by atoms with Crippen molar-refractivity contribution in [1.82, 2.24) is 15.0 Å². The van der Waals surface area contributed by atoms with Crippen molar-refractivity contribution in [3.8, 4) is 5.75 Å². The molecule has 0 radical (unpaired) electrons. The van der Waals surface area contributed by atoms with E-state index in [1.165, 1.54) is 58.2 Å². The van der Waals surface area contributed by atoms with E-state index >= 15 is 0 Å². The van der Waals surface area contributed by atoms with E-state index in [1.54, 1.807) is 0 Å². The maximum absolute atomic E-state index is 9.27. The first-order chi connectivity index (χ1) is 15.6. The van der Waals surface area contributed by atoms with Gasteiger partial charge in [0.1, 0.15) is 5.75 Å². The van der Waals surface area contributed by atoms with Crippen LogP contribution < -0.4 is 4.74 Å². The quantitative estimate of drug-likeness (QED) is 0.570. The van der Waals surface area contributed by atoms with Crippen molar-refractivity contribution in [2.75, 3.05) is 46.9 Å². The van der Waals surface area contributed by atoms with Gasteiger partial charge in [-0.25, -0.2) is 0 Å². The van der Waals surface area contributed by atoms with Gasteiger partial charge in [-0.15, -0.1) is 0 Å². The Morgan fingerprint density at radius 2 is 1.94 bits per heavy atom. The molecule has 2 saturated carbocycles. The molecule has 2 heterocycles. The van der Waals surface area contributed by atoms with Crippen LogP contribution in [0.4, 0.5) is 0 Å². The van der Waals surface area contributed by atoms with E-state index in [-0.39, 0.29) is 0 Å². The first-order valence-corrected chi connectivity index (χ1v) is 12.6. The van der Waals surface area contributed by atoms with Crippen molar-refractivity contribution in [2.45, 2.75) is 51.5 Å². The number of fused-ring (bicyclic) bond motifs is 1. The van der Waals surface area contributed by atoms with Gasteiger partial charge in [0, 0.05) is 25.1 Å². The molecule has 0 unspecified atom stereocenters. The molecule has 176 valence electrons. The van der Waals surface area contributed by atoms with Gasteiger partial charge in [-0.2, -0.15) is 0 Å². The highest BCUT2D eigenvalue weighted by Crippen LogP contribution is 2.39. The number of benzene rings is 1. The van der Waals surface area contributed by atoms with Crippen LogP contribution in [-0.2, 0) is 13.0 Å². The van der Waals surface area contributed by atoms with Crippen LogP contribution in [0.15, 0.2) is 16.7 Å². The summed E-state index contributed by atoms with van der Waals surface area (Å²) < 4.78 is 12.0. The molecule has 6 heteroatoms. The van der Waals surface area contributed by atoms with Crippen LogP contribution in [0, 0.1) is 23.7 Å². The van der Waals surface area contributed by atoms with E-state index in [0.717, 1.165) is 65.3 Å². The summed E-state index contributed by atoms with van der Waals surface area (Å²) in [5.74, 6) is 3.77. The van der Waals surface area contributed by atoms with Gasteiger partial charge >= 0.3 is 0 Å². The maximum Gasteiger partial charge on any atom is 0.175 e. The molecule has 1 aliphatic heterocycles. The Morgan fingerprint density at radius 3 is 2.62 bits per heavy atom. The number of aliphatic hydroxyl groups is 1. The van der Waals surface area contributed by atoms with Crippen LogP contribution in [0.3, 0.4) is 0 Å². The monoisotopic (exact) mass is 441 g/mol. The minimum atomic E-state index is 0.372. The molecule has 1 saturated heterocycles. The van der Waals surface area contributed by atoms with E-state index in [1.807, 2.05) is 0 Å². The average Bonchev–Trinajstić information content (AvgIpc) is 3.71. The topological polar surface area (TPSA) is 62.0 Å². The van der Waals surface area contributed by atoms with E-state index in [2.05, 4.69) is 41.2 Å². The SMILES string of the molecule is CN(C)Cc1c(OCC2CC2)ccc2c(CCC3CCN(C[C@H]4C[C@@H]4CO)CC3)noc12. The van der Waals surface area contributed by atoms with Gasteiger partial charge in [0.25, 0.3) is 0 Å². The summed E-state index contributed by atoms with van der Waals surface area (Å²) in [6, 6.07) is 4.28. The van der Waals surface area contributed by atoms with Crippen molar-refractivity contribution in [2.24, 2.45) is 23.7 Å². The van der Waals surface area contributed by atoms with Gasteiger partial charge in [0.15, 0.2) is 5.58 Å². The van der Waals surface area contributed by atoms with Crippen LogP contribution in [-0.4, -0.2) is 67.0 Å². The third kappa shape index (κ3) is 5.29.